The van der Waals surface area contributed by atoms with Crippen LogP contribution in [0.1, 0.15) is 10.4 Å². The van der Waals surface area contributed by atoms with Crippen molar-refractivity contribution >= 4 is 20.0 Å². The van der Waals surface area contributed by atoms with Crippen LogP contribution in [0.25, 0.3) is 11.1 Å². The molecule has 2 aromatic rings. The molecule has 0 aliphatic carbocycles. The second kappa shape index (κ2) is 5.19. The van der Waals surface area contributed by atoms with Gasteiger partial charge >= 0.3 is 5.97 Å². The molecule has 0 atom stereocenters. The highest BCUT2D eigenvalue weighted by Crippen LogP contribution is 2.22. The van der Waals surface area contributed by atoms with E-state index in [9.17, 15) is 9.90 Å². The van der Waals surface area contributed by atoms with E-state index in [0.29, 0.717) is 5.56 Å². The fourth-order valence-electron chi connectivity index (χ4n) is 2.16. The van der Waals surface area contributed by atoms with E-state index in [4.69, 9.17) is 0 Å². The molecule has 3 heteroatoms. The van der Waals surface area contributed by atoms with Crippen LogP contribution >= 0.6 is 0 Å². The minimum Gasteiger partial charge on any atom is -0.478 e. The monoisotopic (exact) mass is 256 g/mol. The second-order valence-corrected chi connectivity index (χ2v) is 7.53. The van der Waals surface area contributed by atoms with Gasteiger partial charge in [-0.2, -0.15) is 0 Å². The van der Waals surface area contributed by atoms with E-state index < -0.39 is 14.8 Å². The second-order valence-electron chi connectivity index (χ2n) is 4.60. The van der Waals surface area contributed by atoms with E-state index >= 15 is 0 Å². The van der Waals surface area contributed by atoms with Crippen molar-refractivity contribution in [3.63, 3.8) is 0 Å². The van der Waals surface area contributed by atoms with Crippen molar-refractivity contribution in [2.24, 2.45) is 0 Å². The number of benzene rings is 2. The van der Waals surface area contributed by atoms with Gasteiger partial charge in [0, 0.05) is 0 Å². The summed E-state index contributed by atoms with van der Waals surface area (Å²) in [5, 5.41) is 10.6. The van der Waals surface area contributed by atoms with Crippen LogP contribution in [-0.4, -0.2) is 19.9 Å². The van der Waals surface area contributed by atoms with Gasteiger partial charge in [-0.1, -0.05) is 60.7 Å². The molecule has 2 rings (SSSR count). The maximum Gasteiger partial charge on any atom is 0.336 e. The lowest BCUT2D eigenvalue weighted by molar-refractivity contribution is 0.0698. The molecule has 0 bridgehead atoms. The van der Waals surface area contributed by atoms with Gasteiger partial charge in [0.15, 0.2) is 0 Å². The molecule has 2 aromatic carbocycles. The quantitative estimate of drug-likeness (QED) is 0.857. The Morgan fingerprint density at radius 1 is 1.00 bits per heavy atom. The Kier molecular flexibility index (Phi) is 3.62. The molecule has 0 amide bonds. The third kappa shape index (κ3) is 2.36. The van der Waals surface area contributed by atoms with Crippen molar-refractivity contribution in [3.8, 4) is 11.1 Å². The number of carbonyl (C=O) groups is 1. The van der Waals surface area contributed by atoms with E-state index in [1.165, 1.54) is 5.19 Å². The Balaban J connectivity index is 2.73. The molecule has 0 spiro atoms. The molecule has 18 heavy (non-hydrogen) atoms. The molecule has 0 aliphatic rings. The van der Waals surface area contributed by atoms with E-state index in [-0.39, 0.29) is 0 Å². The first-order valence-electron chi connectivity index (χ1n) is 6.03. The summed E-state index contributed by atoms with van der Waals surface area (Å²) in [6.07, 6.45) is 0. The predicted molar refractivity (Wildman–Crippen MR) is 77.3 cm³/mol. The number of rotatable bonds is 3. The minimum absolute atomic E-state index is 0.403. The first-order valence-corrected chi connectivity index (χ1v) is 8.91. The van der Waals surface area contributed by atoms with Gasteiger partial charge in [0.1, 0.15) is 0 Å². The minimum atomic E-state index is -1.07. The predicted octanol–water partition coefficient (Wildman–Crippen LogP) is 2.75. The van der Waals surface area contributed by atoms with Crippen LogP contribution in [0.3, 0.4) is 0 Å². The van der Waals surface area contributed by atoms with Crippen molar-refractivity contribution in [3.05, 3.63) is 54.1 Å². The molecular formula is C15H16O2Si. The Bertz CT molecular complexity index is 562. The van der Waals surface area contributed by atoms with Gasteiger partial charge in [-0.15, -0.1) is 0 Å². The first kappa shape index (κ1) is 12.6. The molecule has 1 N–H and O–H groups in total. The molecule has 0 saturated carbocycles. The zero-order chi connectivity index (χ0) is 13.1. The number of carboxylic acid groups (broad SMARTS) is 1. The maximum absolute atomic E-state index is 11.4. The molecule has 0 saturated heterocycles. The molecule has 92 valence electrons. The lowest BCUT2D eigenvalue weighted by atomic mass is 10.00. The number of aromatic carboxylic acids is 1. The van der Waals surface area contributed by atoms with Crippen LogP contribution in [0, 0.1) is 0 Å². The lowest BCUT2D eigenvalue weighted by Gasteiger charge is -2.15. The van der Waals surface area contributed by atoms with Crippen LogP contribution in [0.4, 0.5) is 0 Å². The average molecular weight is 256 g/mol. The molecule has 2 nitrogen and oxygen atoms in total. The van der Waals surface area contributed by atoms with Gasteiger partial charge in [0.05, 0.1) is 14.4 Å². The molecule has 0 aromatic heterocycles. The van der Waals surface area contributed by atoms with Gasteiger partial charge < -0.3 is 5.11 Å². The fraction of sp³-hybridized carbons (Fsp3) is 0.133. The molecule has 0 heterocycles. The standard InChI is InChI=1S/C15H16O2Si/c1-18(2)13-10-6-9-12(15(16)17)14(13)11-7-4-3-5-8-11/h3-10,18H,1-2H3,(H,16,17). The van der Waals surface area contributed by atoms with Crippen molar-refractivity contribution in [1.82, 2.24) is 0 Å². The van der Waals surface area contributed by atoms with Gasteiger partial charge in [0.25, 0.3) is 0 Å². The number of hydrogen-bond acceptors (Lipinski definition) is 1. The highest BCUT2D eigenvalue weighted by molar-refractivity contribution is 6.72. The lowest BCUT2D eigenvalue weighted by Crippen LogP contribution is -2.26. The smallest absolute Gasteiger partial charge is 0.336 e. The molecular weight excluding hydrogens is 240 g/mol. The van der Waals surface area contributed by atoms with E-state index in [2.05, 4.69) is 19.2 Å². The van der Waals surface area contributed by atoms with Crippen LogP contribution < -0.4 is 5.19 Å². The first-order chi connectivity index (χ1) is 8.61. The molecule has 0 unspecified atom stereocenters. The number of carboxylic acids is 1. The van der Waals surface area contributed by atoms with Gasteiger partial charge in [-0.25, -0.2) is 4.79 Å². The van der Waals surface area contributed by atoms with Crippen molar-refractivity contribution < 1.29 is 9.90 Å². The largest absolute Gasteiger partial charge is 0.478 e. The van der Waals surface area contributed by atoms with Gasteiger partial charge in [0.2, 0.25) is 0 Å². The third-order valence-electron chi connectivity index (χ3n) is 3.01. The van der Waals surface area contributed by atoms with Gasteiger partial charge in [-0.05, 0) is 17.2 Å². The summed E-state index contributed by atoms with van der Waals surface area (Å²) < 4.78 is 0. The van der Waals surface area contributed by atoms with Crippen LogP contribution in [0.5, 0.6) is 0 Å². The summed E-state index contributed by atoms with van der Waals surface area (Å²) in [5.41, 5.74) is 2.29. The molecule has 0 radical (unpaired) electrons. The Hall–Kier alpha value is -1.87. The van der Waals surface area contributed by atoms with Crippen LogP contribution in [0.2, 0.25) is 13.1 Å². The van der Waals surface area contributed by atoms with Crippen molar-refractivity contribution in [1.29, 1.82) is 0 Å². The Morgan fingerprint density at radius 2 is 1.67 bits per heavy atom. The molecule has 0 fully saturated rings. The van der Waals surface area contributed by atoms with Gasteiger partial charge in [-0.3, -0.25) is 0 Å². The average Bonchev–Trinajstić information content (AvgIpc) is 2.38. The Labute approximate surface area is 109 Å². The Morgan fingerprint density at radius 3 is 2.22 bits per heavy atom. The summed E-state index contributed by atoms with van der Waals surface area (Å²) in [6, 6.07) is 15.4. The van der Waals surface area contributed by atoms with E-state index in [1.54, 1.807) is 6.07 Å². The van der Waals surface area contributed by atoms with Crippen molar-refractivity contribution in [2.45, 2.75) is 13.1 Å². The normalized spacial score (nSPS) is 10.6. The fourth-order valence-corrected chi connectivity index (χ4v) is 3.55. The topological polar surface area (TPSA) is 37.3 Å². The van der Waals surface area contributed by atoms with Crippen LogP contribution in [-0.2, 0) is 0 Å². The van der Waals surface area contributed by atoms with Crippen molar-refractivity contribution in [2.75, 3.05) is 0 Å². The highest BCUT2D eigenvalue weighted by atomic mass is 28.3. The van der Waals surface area contributed by atoms with Crippen LogP contribution in [0.15, 0.2) is 48.5 Å². The summed E-state index contributed by atoms with van der Waals surface area (Å²) in [5.74, 6) is -0.856. The summed E-state index contributed by atoms with van der Waals surface area (Å²) in [7, 11) is -1.07. The number of hydrogen-bond donors (Lipinski definition) is 1. The zero-order valence-corrected chi connectivity index (χ0v) is 11.7. The molecule has 0 aliphatic heterocycles. The maximum atomic E-state index is 11.4. The highest BCUT2D eigenvalue weighted by Gasteiger charge is 2.17. The van der Waals surface area contributed by atoms with E-state index in [0.717, 1.165) is 11.1 Å². The van der Waals surface area contributed by atoms with E-state index in [1.807, 2.05) is 36.4 Å². The summed E-state index contributed by atoms with van der Waals surface area (Å²) in [6.45, 7) is 4.43. The SMILES string of the molecule is C[SiH](C)c1cccc(C(=O)O)c1-c1ccccc1. The zero-order valence-electron chi connectivity index (χ0n) is 10.6. The summed E-state index contributed by atoms with van der Waals surface area (Å²) in [4.78, 5) is 11.4. The summed E-state index contributed by atoms with van der Waals surface area (Å²) >= 11 is 0. The third-order valence-corrected chi connectivity index (χ3v) is 4.74.